The van der Waals surface area contributed by atoms with E-state index in [-0.39, 0.29) is 17.8 Å². The molecule has 0 aliphatic carbocycles. The average molecular weight is 373 g/mol. The van der Waals surface area contributed by atoms with E-state index in [4.69, 9.17) is 24.5 Å². The molecule has 0 aliphatic heterocycles. The largest absolute Gasteiger partial charge is 0.481 e. The van der Waals surface area contributed by atoms with E-state index in [2.05, 4.69) is 20.0 Å². The van der Waals surface area contributed by atoms with Gasteiger partial charge in [0.15, 0.2) is 0 Å². The molecule has 0 saturated carbocycles. The number of nitrogens with zero attached hydrogens (tertiary/aromatic N) is 5. The number of azide groups is 1. The molecule has 0 bridgehead atoms. The number of hydrogen-bond acceptors (Lipinski definition) is 8. The van der Waals surface area contributed by atoms with Gasteiger partial charge in [0, 0.05) is 4.91 Å². The molecule has 10 nitrogen and oxygen atoms in total. The molecule has 2 atom stereocenters. The first-order valence-corrected chi connectivity index (χ1v) is 7.81. The van der Waals surface area contributed by atoms with E-state index in [1.807, 2.05) is 0 Å². The Morgan fingerprint density at radius 3 is 2.22 bits per heavy atom. The van der Waals surface area contributed by atoms with E-state index >= 15 is 0 Å². The molecule has 0 aliphatic rings. The zero-order valence-corrected chi connectivity index (χ0v) is 15.3. The normalized spacial score (nSPS) is 13.5. The highest BCUT2D eigenvalue weighted by Gasteiger charge is 2.44. The lowest BCUT2D eigenvalue weighted by Crippen LogP contribution is -2.46. The van der Waals surface area contributed by atoms with Crippen molar-refractivity contribution in [3.05, 3.63) is 52.4 Å². The Morgan fingerprint density at radius 1 is 1.15 bits per heavy atom. The number of aromatic nitrogens is 2. The fourth-order valence-corrected chi connectivity index (χ4v) is 2.38. The van der Waals surface area contributed by atoms with Crippen LogP contribution in [0.5, 0.6) is 17.8 Å². The number of benzene rings is 1. The summed E-state index contributed by atoms with van der Waals surface area (Å²) in [5, 5.41) is 3.81. The molecule has 2 rings (SSSR count). The minimum Gasteiger partial charge on any atom is -0.481 e. The van der Waals surface area contributed by atoms with Crippen LogP contribution in [-0.4, -0.2) is 43.4 Å². The third-order valence-corrected chi connectivity index (χ3v) is 3.84. The molecule has 142 valence electrons. The van der Waals surface area contributed by atoms with Crippen LogP contribution in [0.1, 0.15) is 12.5 Å². The Labute approximate surface area is 155 Å². The molecule has 1 aromatic heterocycles. The van der Waals surface area contributed by atoms with Crippen LogP contribution in [0.3, 0.4) is 0 Å². The van der Waals surface area contributed by atoms with Gasteiger partial charge in [-0.1, -0.05) is 35.4 Å². The van der Waals surface area contributed by atoms with Crippen LogP contribution >= 0.6 is 0 Å². The first-order chi connectivity index (χ1) is 13.0. The van der Waals surface area contributed by atoms with Crippen molar-refractivity contribution >= 4 is 5.97 Å². The van der Waals surface area contributed by atoms with Gasteiger partial charge in [-0.2, -0.15) is 9.97 Å². The SMILES string of the molecule is COC(=O)C(Oc1nc(OC)cc(OC)n1)C(C)(N=[N+]=[N-])c1ccccc1. The van der Waals surface area contributed by atoms with E-state index in [0.717, 1.165) is 0 Å². The zero-order valence-electron chi connectivity index (χ0n) is 15.3. The molecule has 0 fully saturated rings. The van der Waals surface area contributed by atoms with Crippen LogP contribution < -0.4 is 14.2 Å². The molecule has 0 amide bonds. The minimum absolute atomic E-state index is 0.172. The zero-order chi connectivity index (χ0) is 19.9. The Morgan fingerprint density at radius 2 is 1.74 bits per heavy atom. The highest BCUT2D eigenvalue weighted by atomic mass is 16.6. The second-order valence-electron chi connectivity index (χ2n) is 5.46. The summed E-state index contributed by atoms with van der Waals surface area (Å²) in [7, 11) is 4.03. The van der Waals surface area contributed by atoms with Gasteiger partial charge in [0.05, 0.1) is 27.4 Å². The van der Waals surface area contributed by atoms with E-state index in [1.54, 1.807) is 37.3 Å². The van der Waals surface area contributed by atoms with Gasteiger partial charge < -0.3 is 18.9 Å². The lowest BCUT2D eigenvalue weighted by atomic mass is 9.87. The van der Waals surface area contributed by atoms with Crippen LogP contribution in [0, 0.1) is 0 Å². The van der Waals surface area contributed by atoms with Crippen molar-refractivity contribution in [1.82, 2.24) is 9.97 Å². The second-order valence-corrected chi connectivity index (χ2v) is 5.46. The standard InChI is InChI=1S/C17H19N5O5/c1-17(21-22-18,11-8-6-5-7-9-11)14(15(23)26-4)27-16-19-12(24-2)10-13(20-16)25-3/h5-10,14H,1-4H3. The number of esters is 1. The van der Waals surface area contributed by atoms with Crippen molar-refractivity contribution in [1.29, 1.82) is 0 Å². The van der Waals surface area contributed by atoms with Gasteiger partial charge in [-0.3, -0.25) is 0 Å². The third kappa shape index (κ3) is 4.36. The van der Waals surface area contributed by atoms with Crippen LogP contribution in [0.4, 0.5) is 0 Å². The predicted octanol–water partition coefficient (Wildman–Crippen LogP) is 2.64. The lowest BCUT2D eigenvalue weighted by Gasteiger charge is -2.31. The summed E-state index contributed by atoms with van der Waals surface area (Å²) in [6.45, 7) is 1.56. The van der Waals surface area contributed by atoms with E-state index < -0.39 is 17.6 Å². The topological polar surface area (TPSA) is 129 Å². The number of rotatable bonds is 8. The summed E-state index contributed by atoms with van der Waals surface area (Å²) in [6, 6.07) is 9.97. The van der Waals surface area contributed by atoms with Gasteiger partial charge in [0.1, 0.15) is 5.54 Å². The number of carbonyl (C=O) groups excluding carboxylic acids is 1. The molecule has 2 aromatic rings. The summed E-state index contributed by atoms with van der Waals surface area (Å²) in [5.74, 6) is -0.421. The first-order valence-electron chi connectivity index (χ1n) is 7.81. The Hall–Kier alpha value is -3.52. The quantitative estimate of drug-likeness (QED) is 0.301. The van der Waals surface area contributed by atoms with Gasteiger partial charge in [-0.25, -0.2) is 4.79 Å². The van der Waals surface area contributed by atoms with Crippen LogP contribution in [0.25, 0.3) is 10.4 Å². The summed E-state index contributed by atoms with van der Waals surface area (Å²) < 4.78 is 20.7. The van der Waals surface area contributed by atoms with E-state index in [1.165, 1.54) is 27.4 Å². The average Bonchev–Trinajstić information content (AvgIpc) is 2.71. The monoisotopic (exact) mass is 373 g/mol. The van der Waals surface area contributed by atoms with Gasteiger partial charge >= 0.3 is 12.0 Å². The van der Waals surface area contributed by atoms with E-state index in [9.17, 15) is 4.79 Å². The fourth-order valence-electron chi connectivity index (χ4n) is 2.38. The maximum atomic E-state index is 12.5. The highest BCUT2D eigenvalue weighted by molar-refractivity contribution is 5.77. The number of methoxy groups -OCH3 is 3. The van der Waals surface area contributed by atoms with Crippen molar-refractivity contribution in [2.24, 2.45) is 5.11 Å². The summed E-state index contributed by atoms with van der Waals surface area (Å²) in [5.41, 5.74) is 8.20. The minimum atomic E-state index is -1.43. The highest BCUT2D eigenvalue weighted by Crippen LogP contribution is 2.33. The van der Waals surface area contributed by atoms with Crippen LogP contribution in [-0.2, 0) is 15.1 Å². The molecule has 1 aromatic carbocycles. The lowest BCUT2D eigenvalue weighted by molar-refractivity contribution is -0.152. The van der Waals surface area contributed by atoms with Crippen LogP contribution in [0.15, 0.2) is 41.5 Å². The molecule has 1 heterocycles. The molecule has 27 heavy (non-hydrogen) atoms. The number of ether oxygens (including phenoxy) is 4. The summed E-state index contributed by atoms with van der Waals surface area (Å²) in [4.78, 5) is 23.4. The maximum Gasteiger partial charge on any atom is 0.348 e. The predicted molar refractivity (Wildman–Crippen MR) is 94.5 cm³/mol. The Bertz CT molecular complexity index is 819. The van der Waals surface area contributed by atoms with Crippen molar-refractivity contribution in [3.8, 4) is 17.8 Å². The maximum absolute atomic E-state index is 12.5. The fraction of sp³-hybridized carbons (Fsp3) is 0.353. The smallest absolute Gasteiger partial charge is 0.348 e. The van der Waals surface area contributed by atoms with Gasteiger partial charge in [-0.15, -0.1) is 0 Å². The summed E-state index contributed by atoms with van der Waals surface area (Å²) >= 11 is 0. The van der Waals surface area contributed by atoms with Crippen molar-refractivity contribution < 1.29 is 23.7 Å². The molecule has 10 heteroatoms. The van der Waals surface area contributed by atoms with Crippen molar-refractivity contribution in [3.63, 3.8) is 0 Å². The van der Waals surface area contributed by atoms with E-state index in [0.29, 0.717) is 5.56 Å². The summed E-state index contributed by atoms with van der Waals surface area (Å²) in [6.07, 6.45) is -1.36. The molecule has 0 saturated heterocycles. The van der Waals surface area contributed by atoms with Gasteiger partial charge in [0.25, 0.3) is 0 Å². The number of hydrogen-bond donors (Lipinski definition) is 0. The molecule has 0 N–H and O–H groups in total. The third-order valence-electron chi connectivity index (χ3n) is 3.84. The van der Waals surface area contributed by atoms with Gasteiger partial charge in [-0.05, 0) is 18.0 Å². The number of carbonyl (C=O) groups is 1. The van der Waals surface area contributed by atoms with Crippen LogP contribution in [0.2, 0.25) is 0 Å². The Kier molecular flexibility index (Phi) is 6.40. The molecule has 2 unspecified atom stereocenters. The molecule has 0 spiro atoms. The van der Waals surface area contributed by atoms with Gasteiger partial charge in [0.2, 0.25) is 17.9 Å². The first kappa shape index (κ1) is 19.8. The van der Waals surface area contributed by atoms with Crippen molar-refractivity contribution in [2.75, 3.05) is 21.3 Å². The Balaban J connectivity index is 2.54. The molecular weight excluding hydrogens is 354 g/mol. The molecular formula is C17H19N5O5. The molecule has 0 radical (unpaired) electrons. The van der Waals surface area contributed by atoms with Crippen molar-refractivity contribution in [2.45, 2.75) is 18.6 Å². The second kappa shape index (κ2) is 8.72.